The second-order valence-electron chi connectivity index (χ2n) is 5.05. The molecule has 3 nitrogen and oxygen atoms in total. The first kappa shape index (κ1) is 11.4. The van der Waals surface area contributed by atoms with E-state index in [9.17, 15) is 5.11 Å². The van der Waals surface area contributed by atoms with Gasteiger partial charge in [-0.3, -0.25) is 0 Å². The molecule has 2 N–H and O–H groups in total. The molecule has 1 saturated carbocycles. The lowest BCUT2D eigenvalue weighted by Crippen LogP contribution is -2.45. The second-order valence-corrected chi connectivity index (χ2v) is 5.05. The zero-order valence-corrected chi connectivity index (χ0v) is 9.61. The predicted octanol–water partition coefficient (Wildman–Crippen LogP) is 1.30. The largest absolute Gasteiger partial charge is 0.396 e. The van der Waals surface area contributed by atoms with Gasteiger partial charge in [0.25, 0.3) is 0 Å². The first-order valence-electron chi connectivity index (χ1n) is 6.28. The first-order valence-corrected chi connectivity index (χ1v) is 6.28. The van der Waals surface area contributed by atoms with Crippen molar-refractivity contribution in [2.45, 2.75) is 57.2 Å². The van der Waals surface area contributed by atoms with E-state index >= 15 is 0 Å². The Morgan fingerprint density at radius 3 is 2.93 bits per heavy atom. The standard InChI is InChI=1S/C12H23NO2/c1-9-7-11(5-6-15-9)13-12-4-2-3-10(12)8-14/h9-14H,2-8H2,1H3. The van der Waals surface area contributed by atoms with E-state index in [2.05, 4.69) is 12.2 Å². The van der Waals surface area contributed by atoms with Crippen molar-refractivity contribution >= 4 is 0 Å². The molecular formula is C12H23NO2. The molecule has 0 aromatic rings. The lowest BCUT2D eigenvalue weighted by atomic mass is 9.99. The minimum Gasteiger partial charge on any atom is -0.396 e. The summed E-state index contributed by atoms with van der Waals surface area (Å²) in [4.78, 5) is 0. The van der Waals surface area contributed by atoms with Gasteiger partial charge in [0.2, 0.25) is 0 Å². The molecule has 1 aliphatic heterocycles. The molecule has 0 bridgehead atoms. The SMILES string of the molecule is CC1CC(NC2CCCC2CO)CCO1. The fraction of sp³-hybridized carbons (Fsp3) is 1.00. The fourth-order valence-electron chi connectivity index (χ4n) is 2.93. The molecule has 1 saturated heterocycles. The van der Waals surface area contributed by atoms with E-state index in [4.69, 9.17) is 4.74 Å². The minimum atomic E-state index is 0.344. The Morgan fingerprint density at radius 2 is 2.20 bits per heavy atom. The van der Waals surface area contributed by atoms with Crippen LogP contribution in [0.15, 0.2) is 0 Å². The third-order valence-corrected chi connectivity index (χ3v) is 3.83. The van der Waals surface area contributed by atoms with Crippen molar-refractivity contribution in [3.05, 3.63) is 0 Å². The number of hydrogen-bond acceptors (Lipinski definition) is 3. The molecule has 2 fully saturated rings. The highest BCUT2D eigenvalue weighted by Gasteiger charge is 2.29. The third-order valence-electron chi connectivity index (χ3n) is 3.83. The quantitative estimate of drug-likeness (QED) is 0.742. The summed E-state index contributed by atoms with van der Waals surface area (Å²) < 4.78 is 5.54. The Balaban J connectivity index is 1.80. The summed E-state index contributed by atoms with van der Waals surface area (Å²) >= 11 is 0. The van der Waals surface area contributed by atoms with Crippen molar-refractivity contribution in [1.29, 1.82) is 0 Å². The lowest BCUT2D eigenvalue weighted by Gasteiger charge is -2.32. The minimum absolute atomic E-state index is 0.344. The van der Waals surface area contributed by atoms with Crippen LogP contribution >= 0.6 is 0 Å². The monoisotopic (exact) mass is 213 g/mol. The maximum atomic E-state index is 9.25. The van der Waals surface area contributed by atoms with Gasteiger partial charge in [0, 0.05) is 25.3 Å². The summed E-state index contributed by atoms with van der Waals surface area (Å²) in [6.07, 6.45) is 6.32. The van der Waals surface area contributed by atoms with Crippen LogP contribution < -0.4 is 5.32 Å². The van der Waals surface area contributed by atoms with Crippen LogP contribution in [0.25, 0.3) is 0 Å². The van der Waals surface area contributed by atoms with Crippen molar-refractivity contribution < 1.29 is 9.84 Å². The summed E-state index contributed by atoms with van der Waals surface area (Å²) in [5, 5.41) is 13.0. The molecule has 1 heterocycles. The van der Waals surface area contributed by atoms with Gasteiger partial charge in [-0.15, -0.1) is 0 Å². The topological polar surface area (TPSA) is 41.5 Å². The van der Waals surface area contributed by atoms with Crippen LogP contribution in [0.2, 0.25) is 0 Å². The van der Waals surface area contributed by atoms with Gasteiger partial charge in [0.1, 0.15) is 0 Å². The van der Waals surface area contributed by atoms with Gasteiger partial charge < -0.3 is 15.2 Å². The van der Waals surface area contributed by atoms with Gasteiger partial charge in [-0.1, -0.05) is 6.42 Å². The summed E-state index contributed by atoms with van der Waals surface area (Å²) in [5.74, 6) is 0.489. The van der Waals surface area contributed by atoms with Crippen molar-refractivity contribution in [3.8, 4) is 0 Å². The molecule has 2 rings (SSSR count). The van der Waals surface area contributed by atoms with E-state index in [1.165, 1.54) is 19.3 Å². The van der Waals surface area contributed by atoms with Crippen LogP contribution in [0.1, 0.15) is 39.0 Å². The van der Waals surface area contributed by atoms with Crippen molar-refractivity contribution in [1.82, 2.24) is 5.32 Å². The van der Waals surface area contributed by atoms with Crippen molar-refractivity contribution in [3.63, 3.8) is 0 Å². The Labute approximate surface area is 92.2 Å². The van der Waals surface area contributed by atoms with Crippen molar-refractivity contribution in [2.24, 2.45) is 5.92 Å². The van der Waals surface area contributed by atoms with Crippen molar-refractivity contribution in [2.75, 3.05) is 13.2 Å². The van der Waals surface area contributed by atoms with Gasteiger partial charge in [0.05, 0.1) is 6.10 Å². The molecule has 1 aliphatic carbocycles. The molecular weight excluding hydrogens is 190 g/mol. The molecule has 0 amide bonds. The Morgan fingerprint density at radius 1 is 1.33 bits per heavy atom. The Hall–Kier alpha value is -0.120. The molecule has 0 aromatic carbocycles. The number of ether oxygens (including phenoxy) is 1. The smallest absolute Gasteiger partial charge is 0.0561 e. The van der Waals surface area contributed by atoms with E-state index in [-0.39, 0.29) is 0 Å². The second kappa shape index (κ2) is 5.28. The zero-order chi connectivity index (χ0) is 10.7. The average molecular weight is 213 g/mol. The highest BCUT2D eigenvalue weighted by Crippen LogP contribution is 2.26. The van der Waals surface area contributed by atoms with Crippen LogP contribution in [0.5, 0.6) is 0 Å². The van der Waals surface area contributed by atoms with Crippen LogP contribution in [0.3, 0.4) is 0 Å². The van der Waals surface area contributed by atoms with E-state index in [0.29, 0.717) is 30.7 Å². The van der Waals surface area contributed by atoms with E-state index in [0.717, 1.165) is 19.4 Å². The molecule has 0 spiro atoms. The molecule has 4 unspecified atom stereocenters. The van der Waals surface area contributed by atoms with Gasteiger partial charge in [-0.2, -0.15) is 0 Å². The molecule has 3 heteroatoms. The number of nitrogens with one attached hydrogen (secondary N) is 1. The highest BCUT2D eigenvalue weighted by atomic mass is 16.5. The van der Waals surface area contributed by atoms with Crippen LogP contribution in [0.4, 0.5) is 0 Å². The molecule has 0 aromatic heterocycles. The van der Waals surface area contributed by atoms with Gasteiger partial charge in [-0.25, -0.2) is 0 Å². The summed E-state index contributed by atoms with van der Waals surface area (Å²) in [7, 11) is 0. The van der Waals surface area contributed by atoms with E-state index < -0.39 is 0 Å². The van der Waals surface area contributed by atoms with Crippen LogP contribution in [0, 0.1) is 5.92 Å². The molecule has 2 aliphatic rings. The molecule has 4 atom stereocenters. The van der Waals surface area contributed by atoms with Gasteiger partial charge >= 0.3 is 0 Å². The molecule has 0 radical (unpaired) electrons. The lowest BCUT2D eigenvalue weighted by molar-refractivity contribution is 0.00961. The summed E-state index contributed by atoms with van der Waals surface area (Å²) in [6.45, 7) is 3.37. The Kier molecular flexibility index (Phi) is 4.00. The number of hydrogen-bond donors (Lipinski definition) is 2. The zero-order valence-electron chi connectivity index (χ0n) is 9.61. The normalized spacial score (nSPS) is 42.0. The number of aliphatic hydroxyl groups is 1. The van der Waals surface area contributed by atoms with Crippen LogP contribution in [-0.4, -0.2) is 36.5 Å². The highest BCUT2D eigenvalue weighted by molar-refractivity contribution is 4.87. The fourth-order valence-corrected chi connectivity index (χ4v) is 2.93. The molecule has 88 valence electrons. The maximum absolute atomic E-state index is 9.25. The van der Waals surface area contributed by atoms with Gasteiger partial charge in [-0.05, 0) is 38.5 Å². The van der Waals surface area contributed by atoms with E-state index in [1.54, 1.807) is 0 Å². The molecule has 15 heavy (non-hydrogen) atoms. The predicted molar refractivity (Wildman–Crippen MR) is 59.8 cm³/mol. The first-order chi connectivity index (χ1) is 7.29. The summed E-state index contributed by atoms with van der Waals surface area (Å²) in [5.41, 5.74) is 0. The van der Waals surface area contributed by atoms with E-state index in [1.807, 2.05) is 0 Å². The average Bonchev–Trinajstić information content (AvgIpc) is 2.65. The summed E-state index contributed by atoms with van der Waals surface area (Å²) in [6, 6.07) is 1.15. The Bertz CT molecular complexity index is 198. The maximum Gasteiger partial charge on any atom is 0.0561 e. The van der Waals surface area contributed by atoms with Crippen LogP contribution in [-0.2, 0) is 4.74 Å². The number of rotatable bonds is 3. The number of aliphatic hydroxyl groups excluding tert-OH is 1. The van der Waals surface area contributed by atoms with Gasteiger partial charge in [0.15, 0.2) is 0 Å². The third kappa shape index (κ3) is 2.92.